The Morgan fingerprint density at radius 3 is 2.47 bits per heavy atom. The molecule has 0 spiro atoms. The molecule has 1 heterocycles. The van der Waals surface area contributed by atoms with Crippen LogP contribution in [0.25, 0.3) is 0 Å². The highest BCUT2D eigenvalue weighted by Gasteiger charge is 2.35. The van der Waals surface area contributed by atoms with Crippen molar-refractivity contribution in [3.63, 3.8) is 0 Å². The number of likely N-dealkylation sites (tertiary alicyclic amines) is 1. The van der Waals surface area contributed by atoms with Crippen molar-refractivity contribution in [3.05, 3.63) is 0 Å². The molecular weight excluding hydrogens is 188 g/mol. The summed E-state index contributed by atoms with van der Waals surface area (Å²) in [6.07, 6.45) is 6.35. The van der Waals surface area contributed by atoms with Crippen molar-refractivity contribution in [2.24, 2.45) is 11.7 Å². The van der Waals surface area contributed by atoms with Gasteiger partial charge in [0.25, 0.3) is 0 Å². The summed E-state index contributed by atoms with van der Waals surface area (Å²) < 4.78 is 5.21. The second-order valence-electron chi connectivity index (χ2n) is 5.39. The van der Waals surface area contributed by atoms with Crippen LogP contribution < -0.4 is 5.73 Å². The lowest BCUT2D eigenvalue weighted by molar-refractivity contribution is 0.0749. The van der Waals surface area contributed by atoms with E-state index in [0.717, 1.165) is 19.1 Å². The molecule has 2 rings (SSSR count). The molecule has 2 N–H and O–H groups in total. The number of hydrogen-bond donors (Lipinski definition) is 1. The van der Waals surface area contributed by atoms with E-state index >= 15 is 0 Å². The fraction of sp³-hybridized carbons (Fsp3) is 1.00. The van der Waals surface area contributed by atoms with Crippen LogP contribution in [0.5, 0.6) is 0 Å². The van der Waals surface area contributed by atoms with Gasteiger partial charge < -0.3 is 15.4 Å². The highest BCUT2D eigenvalue weighted by atomic mass is 16.5. The molecule has 0 aromatic rings. The number of nitrogens with two attached hydrogens (primary N) is 1. The number of ether oxygens (including phenoxy) is 1. The smallest absolute Gasteiger partial charge is 0.0491 e. The first-order valence-electron chi connectivity index (χ1n) is 6.22. The molecule has 0 radical (unpaired) electrons. The molecule has 0 unspecified atom stereocenters. The monoisotopic (exact) mass is 212 g/mol. The molecule has 2 fully saturated rings. The van der Waals surface area contributed by atoms with Crippen molar-refractivity contribution in [1.82, 2.24) is 4.90 Å². The summed E-state index contributed by atoms with van der Waals surface area (Å²) in [5, 5.41) is 0. The molecule has 0 aromatic carbocycles. The topological polar surface area (TPSA) is 38.5 Å². The number of nitrogens with zero attached hydrogens (tertiary/aromatic N) is 1. The molecule has 0 atom stereocenters. The van der Waals surface area contributed by atoms with E-state index in [2.05, 4.69) is 4.90 Å². The van der Waals surface area contributed by atoms with E-state index < -0.39 is 0 Å². The van der Waals surface area contributed by atoms with Gasteiger partial charge in [0.2, 0.25) is 0 Å². The van der Waals surface area contributed by atoms with Crippen LogP contribution in [0.2, 0.25) is 0 Å². The van der Waals surface area contributed by atoms with E-state index in [1.807, 2.05) is 0 Å². The van der Waals surface area contributed by atoms with Gasteiger partial charge in [-0.05, 0) is 51.1 Å². The van der Waals surface area contributed by atoms with E-state index in [-0.39, 0.29) is 5.54 Å². The molecular formula is C12H24N2O. The van der Waals surface area contributed by atoms with Crippen LogP contribution in [-0.4, -0.2) is 43.8 Å². The minimum Gasteiger partial charge on any atom is -0.384 e. The lowest BCUT2D eigenvalue weighted by Crippen LogP contribution is -2.56. The van der Waals surface area contributed by atoms with Crippen molar-refractivity contribution >= 4 is 0 Å². The van der Waals surface area contributed by atoms with Gasteiger partial charge in [-0.15, -0.1) is 0 Å². The fourth-order valence-electron chi connectivity index (χ4n) is 2.78. The Morgan fingerprint density at radius 1 is 1.33 bits per heavy atom. The highest BCUT2D eigenvalue weighted by molar-refractivity contribution is 4.95. The van der Waals surface area contributed by atoms with Crippen molar-refractivity contribution in [2.75, 3.05) is 33.4 Å². The maximum atomic E-state index is 6.26. The van der Waals surface area contributed by atoms with Crippen LogP contribution in [0.4, 0.5) is 0 Å². The number of methoxy groups -OCH3 is 1. The zero-order valence-corrected chi connectivity index (χ0v) is 9.87. The largest absolute Gasteiger partial charge is 0.384 e. The Labute approximate surface area is 93.0 Å². The lowest BCUT2D eigenvalue weighted by Gasteiger charge is -2.44. The van der Waals surface area contributed by atoms with Crippen LogP contribution in [0.3, 0.4) is 0 Å². The van der Waals surface area contributed by atoms with Gasteiger partial charge in [0.1, 0.15) is 0 Å². The molecule has 3 nitrogen and oxygen atoms in total. The first-order valence-corrected chi connectivity index (χ1v) is 6.22. The third-order valence-electron chi connectivity index (χ3n) is 4.00. The first kappa shape index (κ1) is 11.4. The molecule has 1 saturated heterocycles. The molecule has 15 heavy (non-hydrogen) atoms. The molecule has 1 saturated carbocycles. The molecule has 2 aliphatic rings. The summed E-state index contributed by atoms with van der Waals surface area (Å²) in [4.78, 5) is 2.55. The fourth-order valence-corrected chi connectivity index (χ4v) is 2.78. The lowest BCUT2D eigenvalue weighted by atomic mass is 9.77. The van der Waals surface area contributed by atoms with Crippen LogP contribution in [0, 0.1) is 5.92 Å². The predicted octanol–water partition coefficient (Wildman–Crippen LogP) is 1.23. The second-order valence-corrected chi connectivity index (χ2v) is 5.39. The van der Waals surface area contributed by atoms with Crippen LogP contribution in [0.15, 0.2) is 0 Å². The van der Waals surface area contributed by atoms with Crippen LogP contribution >= 0.6 is 0 Å². The average molecular weight is 212 g/mol. The third-order valence-corrected chi connectivity index (χ3v) is 4.00. The predicted molar refractivity (Wildman–Crippen MR) is 61.8 cm³/mol. The summed E-state index contributed by atoms with van der Waals surface area (Å²) in [7, 11) is 1.80. The average Bonchev–Trinajstić information content (AvgIpc) is 2.19. The van der Waals surface area contributed by atoms with Gasteiger partial charge in [-0.2, -0.15) is 0 Å². The van der Waals surface area contributed by atoms with Gasteiger partial charge in [0.15, 0.2) is 0 Å². The van der Waals surface area contributed by atoms with Crippen LogP contribution in [0.1, 0.15) is 32.1 Å². The van der Waals surface area contributed by atoms with E-state index in [1.165, 1.54) is 45.2 Å². The Balaban J connectivity index is 1.69. The summed E-state index contributed by atoms with van der Waals surface area (Å²) in [5.41, 5.74) is 6.42. The number of piperidine rings is 1. The van der Waals surface area contributed by atoms with Crippen molar-refractivity contribution in [1.29, 1.82) is 0 Å². The normalized spacial score (nSPS) is 27.6. The van der Waals surface area contributed by atoms with Crippen LogP contribution in [-0.2, 0) is 4.74 Å². The third kappa shape index (κ3) is 2.92. The summed E-state index contributed by atoms with van der Waals surface area (Å²) in [6.45, 7) is 4.48. The quantitative estimate of drug-likeness (QED) is 0.761. The Kier molecular flexibility index (Phi) is 3.65. The van der Waals surface area contributed by atoms with Crippen molar-refractivity contribution in [3.8, 4) is 0 Å². The summed E-state index contributed by atoms with van der Waals surface area (Å²) >= 11 is 0. The Bertz CT molecular complexity index is 196. The van der Waals surface area contributed by atoms with Crippen molar-refractivity contribution < 1.29 is 4.74 Å². The maximum absolute atomic E-state index is 6.26. The standard InChI is InChI=1S/C12H24N2O/c1-15-9-11-3-7-14(8-4-11)10-12(13)5-2-6-12/h11H,2-10,13H2,1H3. The van der Waals surface area contributed by atoms with Crippen molar-refractivity contribution in [2.45, 2.75) is 37.6 Å². The Morgan fingerprint density at radius 2 is 2.00 bits per heavy atom. The van der Waals surface area contributed by atoms with Gasteiger partial charge in [-0.25, -0.2) is 0 Å². The molecule has 1 aliphatic carbocycles. The molecule has 0 amide bonds. The molecule has 0 bridgehead atoms. The van der Waals surface area contributed by atoms with E-state index in [0.29, 0.717) is 0 Å². The van der Waals surface area contributed by atoms with Gasteiger partial charge in [-0.3, -0.25) is 0 Å². The van der Waals surface area contributed by atoms with E-state index in [1.54, 1.807) is 7.11 Å². The molecule has 3 heteroatoms. The Hall–Kier alpha value is -0.120. The highest BCUT2D eigenvalue weighted by Crippen LogP contribution is 2.31. The molecule has 88 valence electrons. The summed E-state index contributed by atoms with van der Waals surface area (Å²) in [5.74, 6) is 0.779. The zero-order valence-electron chi connectivity index (χ0n) is 9.87. The van der Waals surface area contributed by atoms with Gasteiger partial charge in [-0.1, -0.05) is 0 Å². The van der Waals surface area contributed by atoms with E-state index in [4.69, 9.17) is 10.5 Å². The van der Waals surface area contributed by atoms with Gasteiger partial charge in [0, 0.05) is 25.8 Å². The number of rotatable bonds is 4. The summed E-state index contributed by atoms with van der Waals surface area (Å²) in [6, 6.07) is 0. The molecule has 1 aliphatic heterocycles. The van der Waals surface area contributed by atoms with Gasteiger partial charge >= 0.3 is 0 Å². The first-order chi connectivity index (χ1) is 7.22. The number of hydrogen-bond acceptors (Lipinski definition) is 3. The minimum absolute atomic E-state index is 0.161. The molecule has 0 aromatic heterocycles. The zero-order chi connectivity index (χ0) is 10.7. The maximum Gasteiger partial charge on any atom is 0.0491 e. The second kappa shape index (κ2) is 4.81. The SMILES string of the molecule is COCC1CCN(CC2(N)CCC2)CC1. The van der Waals surface area contributed by atoms with Gasteiger partial charge in [0.05, 0.1) is 0 Å². The van der Waals surface area contributed by atoms with E-state index in [9.17, 15) is 0 Å². The minimum atomic E-state index is 0.161.